The zero-order valence-corrected chi connectivity index (χ0v) is 18.3. The number of aryl methyl sites for hydroxylation is 1. The number of halogens is 2. The van der Waals surface area contributed by atoms with E-state index >= 15 is 0 Å². The van der Waals surface area contributed by atoms with E-state index < -0.39 is 0 Å². The number of nitrogens with zero attached hydrogens (tertiary/aromatic N) is 4. The van der Waals surface area contributed by atoms with Gasteiger partial charge in [0.15, 0.2) is 5.96 Å². The Labute approximate surface area is 168 Å². The first-order valence-corrected chi connectivity index (χ1v) is 8.93. The largest absolute Gasteiger partial charge is 0.357 e. The molecule has 24 heavy (non-hydrogen) atoms. The number of nitrogens with one attached hydrogen (secondary N) is 1. The van der Waals surface area contributed by atoms with Gasteiger partial charge in [-0.2, -0.15) is 0 Å². The third-order valence-electron chi connectivity index (χ3n) is 4.49. The van der Waals surface area contributed by atoms with Crippen molar-refractivity contribution in [3.05, 3.63) is 23.0 Å². The second-order valence-electron chi connectivity index (χ2n) is 6.36. The molecule has 5 nitrogen and oxygen atoms in total. The molecule has 138 valence electrons. The number of aliphatic imine (C=N–C) groups is 1. The molecule has 0 radical (unpaired) electrons. The van der Waals surface area contributed by atoms with Crippen molar-refractivity contribution in [2.45, 2.75) is 26.8 Å². The van der Waals surface area contributed by atoms with Crippen LogP contribution in [0.15, 0.2) is 17.3 Å². The second kappa shape index (κ2) is 10.5. The van der Waals surface area contributed by atoms with Gasteiger partial charge >= 0.3 is 0 Å². The molecule has 0 amide bonds. The summed E-state index contributed by atoms with van der Waals surface area (Å²) in [5, 5.41) is 4.18. The van der Waals surface area contributed by atoms with Crippen LogP contribution < -0.4 is 5.32 Å². The summed E-state index contributed by atoms with van der Waals surface area (Å²) < 4.78 is 2.07. The second-order valence-corrected chi connectivity index (χ2v) is 6.80. The fourth-order valence-corrected chi connectivity index (χ4v) is 3.35. The molecule has 1 saturated heterocycles. The Balaban J connectivity index is 0.00000288. The quantitative estimate of drug-likeness (QED) is 0.397. The summed E-state index contributed by atoms with van der Waals surface area (Å²) in [4.78, 5) is 9.53. The minimum absolute atomic E-state index is 0. The summed E-state index contributed by atoms with van der Waals surface area (Å²) in [6.45, 7) is 10.4. The van der Waals surface area contributed by atoms with Gasteiger partial charge in [-0.3, -0.25) is 4.99 Å². The molecule has 0 aromatic carbocycles. The smallest absolute Gasteiger partial charge is 0.194 e. The number of likely N-dealkylation sites (tertiary alicyclic amines) is 1. The number of rotatable bonds is 6. The Morgan fingerprint density at radius 2 is 2.21 bits per heavy atom. The highest BCUT2D eigenvalue weighted by Crippen LogP contribution is 2.17. The Bertz CT molecular complexity index is 531. The van der Waals surface area contributed by atoms with Crippen LogP contribution in [0.2, 0.25) is 5.02 Å². The highest BCUT2D eigenvalue weighted by atomic mass is 127. The molecule has 1 aliphatic rings. The normalized spacial score (nSPS) is 18.5. The van der Waals surface area contributed by atoms with Crippen LogP contribution in [0.5, 0.6) is 0 Å². The molecule has 1 aromatic heterocycles. The zero-order chi connectivity index (χ0) is 16.8. The Kier molecular flexibility index (Phi) is 9.44. The van der Waals surface area contributed by atoms with Crippen LogP contribution in [0.25, 0.3) is 0 Å². The average Bonchev–Trinajstić information content (AvgIpc) is 3.10. The molecule has 1 atom stereocenters. The maximum Gasteiger partial charge on any atom is 0.194 e. The highest BCUT2D eigenvalue weighted by Gasteiger charge is 2.21. The van der Waals surface area contributed by atoms with E-state index in [4.69, 9.17) is 16.6 Å². The summed E-state index contributed by atoms with van der Waals surface area (Å²) in [5.41, 5.74) is 1.18. The first kappa shape index (κ1) is 21.6. The van der Waals surface area contributed by atoms with Crippen LogP contribution in [0, 0.1) is 5.92 Å². The first-order chi connectivity index (χ1) is 11.0. The van der Waals surface area contributed by atoms with Crippen molar-refractivity contribution >= 4 is 41.5 Å². The maximum atomic E-state index is 6.07. The van der Waals surface area contributed by atoms with E-state index in [0.29, 0.717) is 5.92 Å². The molecule has 0 spiro atoms. The summed E-state index contributed by atoms with van der Waals surface area (Å²) in [7, 11) is 4.10. The van der Waals surface area contributed by atoms with Gasteiger partial charge in [0.1, 0.15) is 0 Å². The molecule has 7 heteroatoms. The maximum absolute atomic E-state index is 6.07. The van der Waals surface area contributed by atoms with Crippen molar-refractivity contribution in [2.24, 2.45) is 18.0 Å². The molecule has 1 aromatic rings. The summed E-state index contributed by atoms with van der Waals surface area (Å²) in [5.74, 6) is 1.65. The van der Waals surface area contributed by atoms with Gasteiger partial charge in [-0.1, -0.05) is 18.5 Å². The molecule has 0 bridgehead atoms. The van der Waals surface area contributed by atoms with Crippen LogP contribution in [0.3, 0.4) is 0 Å². The summed E-state index contributed by atoms with van der Waals surface area (Å²) >= 11 is 6.07. The van der Waals surface area contributed by atoms with Gasteiger partial charge in [-0.15, -0.1) is 24.0 Å². The molecule has 2 heterocycles. The molecule has 1 N–H and O–H groups in total. The monoisotopic (exact) mass is 467 g/mol. The van der Waals surface area contributed by atoms with Gasteiger partial charge in [0.2, 0.25) is 0 Å². The van der Waals surface area contributed by atoms with E-state index in [1.165, 1.54) is 25.2 Å². The van der Waals surface area contributed by atoms with Gasteiger partial charge in [0.25, 0.3) is 0 Å². The molecular formula is C17H31ClIN5. The van der Waals surface area contributed by atoms with E-state index in [9.17, 15) is 0 Å². The van der Waals surface area contributed by atoms with Crippen molar-refractivity contribution in [3.8, 4) is 0 Å². The lowest BCUT2D eigenvalue weighted by atomic mass is 10.1. The number of aromatic nitrogens is 1. The summed E-state index contributed by atoms with van der Waals surface area (Å²) in [6, 6.07) is 2.01. The zero-order valence-electron chi connectivity index (χ0n) is 15.3. The predicted molar refractivity (Wildman–Crippen MR) is 114 cm³/mol. The fraction of sp³-hybridized carbons (Fsp3) is 0.706. The van der Waals surface area contributed by atoms with Gasteiger partial charge in [0, 0.05) is 45.6 Å². The van der Waals surface area contributed by atoms with Crippen molar-refractivity contribution < 1.29 is 0 Å². The van der Waals surface area contributed by atoms with Crippen LogP contribution in [-0.2, 0) is 13.6 Å². The predicted octanol–water partition coefficient (Wildman–Crippen LogP) is 3.04. The van der Waals surface area contributed by atoms with E-state index in [2.05, 4.69) is 40.6 Å². The molecule has 1 aliphatic heterocycles. The third-order valence-corrected chi connectivity index (χ3v) is 4.69. The van der Waals surface area contributed by atoms with Crippen molar-refractivity contribution in [1.82, 2.24) is 19.7 Å². The van der Waals surface area contributed by atoms with Gasteiger partial charge in [-0.05, 0) is 38.4 Å². The molecule has 0 saturated carbocycles. The lowest BCUT2D eigenvalue weighted by Crippen LogP contribution is -2.39. The highest BCUT2D eigenvalue weighted by molar-refractivity contribution is 14.0. The summed E-state index contributed by atoms with van der Waals surface area (Å²) in [6.07, 6.45) is 3.19. The van der Waals surface area contributed by atoms with Gasteiger partial charge in [-0.25, -0.2) is 0 Å². The van der Waals surface area contributed by atoms with Crippen molar-refractivity contribution in [2.75, 3.05) is 39.8 Å². The number of guanidine groups is 1. The third kappa shape index (κ3) is 6.11. The van der Waals surface area contributed by atoms with E-state index in [1.54, 1.807) is 0 Å². The van der Waals surface area contributed by atoms with E-state index in [-0.39, 0.29) is 24.0 Å². The van der Waals surface area contributed by atoms with Crippen LogP contribution in [-0.4, -0.2) is 60.1 Å². The van der Waals surface area contributed by atoms with E-state index in [1.807, 2.05) is 19.3 Å². The van der Waals surface area contributed by atoms with Crippen LogP contribution in [0.1, 0.15) is 26.0 Å². The number of hydrogen-bond donors (Lipinski definition) is 1. The standard InChI is InChI=1S/C17H30ClN5.HI/c1-5-19-17(20-10-14-7-8-23(6-2)11-14)22(4)13-16-9-15(18)12-21(16)3;/h9,12,14H,5-8,10-11,13H2,1-4H3,(H,19,20);1H. The van der Waals surface area contributed by atoms with Crippen LogP contribution >= 0.6 is 35.6 Å². The molecular weight excluding hydrogens is 437 g/mol. The Morgan fingerprint density at radius 3 is 2.75 bits per heavy atom. The topological polar surface area (TPSA) is 35.8 Å². The lowest BCUT2D eigenvalue weighted by Gasteiger charge is -2.23. The van der Waals surface area contributed by atoms with Gasteiger partial charge < -0.3 is 19.7 Å². The lowest BCUT2D eigenvalue weighted by molar-refractivity contribution is 0.343. The van der Waals surface area contributed by atoms with Gasteiger partial charge in [0.05, 0.1) is 11.6 Å². The molecule has 0 aliphatic carbocycles. The number of hydrogen-bond acceptors (Lipinski definition) is 2. The fourth-order valence-electron chi connectivity index (χ4n) is 3.08. The first-order valence-electron chi connectivity index (χ1n) is 8.56. The van der Waals surface area contributed by atoms with E-state index in [0.717, 1.165) is 37.2 Å². The molecule has 1 unspecified atom stereocenters. The van der Waals surface area contributed by atoms with Crippen LogP contribution in [0.4, 0.5) is 0 Å². The SMILES string of the molecule is CCNC(=NCC1CCN(CC)C1)N(C)Cc1cc(Cl)cn1C.I. The van der Waals surface area contributed by atoms with Crippen molar-refractivity contribution in [3.63, 3.8) is 0 Å². The Hall–Kier alpha value is -0.470. The molecule has 2 rings (SSSR count). The minimum atomic E-state index is 0. The average molecular weight is 468 g/mol. The molecule has 1 fully saturated rings. The van der Waals surface area contributed by atoms with Crippen molar-refractivity contribution in [1.29, 1.82) is 0 Å². The minimum Gasteiger partial charge on any atom is -0.357 e. The Morgan fingerprint density at radius 1 is 1.46 bits per heavy atom.